The van der Waals surface area contributed by atoms with Crippen LogP contribution in [0, 0.1) is 13.8 Å². The molecule has 0 spiro atoms. The molecule has 124 valence electrons. The molecule has 5 heteroatoms. The van der Waals surface area contributed by atoms with Crippen LogP contribution in [0.15, 0.2) is 18.2 Å². The summed E-state index contributed by atoms with van der Waals surface area (Å²) in [5, 5.41) is 0. The molecular weight excluding hydrogens is 290 g/mol. The molecule has 2 aliphatic heterocycles. The Balaban J connectivity index is 1.61. The van der Waals surface area contributed by atoms with Gasteiger partial charge in [-0.25, -0.2) is 0 Å². The van der Waals surface area contributed by atoms with E-state index < -0.39 is 0 Å². The first-order valence-corrected chi connectivity index (χ1v) is 8.33. The number of nitrogens with zero attached hydrogens (tertiary/aromatic N) is 3. The predicted molar refractivity (Wildman–Crippen MR) is 89.4 cm³/mol. The number of carbonyl (C=O) groups excluding carboxylic acids is 2. The number of hydrogen-bond donors (Lipinski definition) is 0. The minimum atomic E-state index is 0.0128. The second-order valence-corrected chi connectivity index (χ2v) is 6.69. The average Bonchev–Trinajstić information content (AvgIpc) is 2.89. The Bertz CT molecular complexity index is 621. The topological polar surface area (TPSA) is 43.9 Å². The lowest BCUT2D eigenvalue weighted by molar-refractivity contribution is -0.131. The standard InChI is InChI=1S/C18H25N3O2/c1-13-4-5-15(12-14(13)2)17(22)21-10-8-20(9-11-21)16-6-7-19(3)18(16)23/h4-5,12,16H,6-11H2,1-3H3. The van der Waals surface area contributed by atoms with Crippen molar-refractivity contribution in [3.05, 3.63) is 34.9 Å². The van der Waals surface area contributed by atoms with Crippen LogP contribution in [0.3, 0.4) is 0 Å². The third kappa shape index (κ3) is 3.11. The zero-order valence-electron chi connectivity index (χ0n) is 14.2. The van der Waals surface area contributed by atoms with Gasteiger partial charge in [-0.05, 0) is 43.5 Å². The summed E-state index contributed by atoms with van der Waals surface area (Å²) in [6.07, 6.45) is 0.903. The molecule has 1 atom stereocenters. The maximum absolute atomic E-state index is 12.6. The van der Waals surface area contributed by atoms with E-state index in [0.717, 1.165) is 37.2 Å². The van der Waals surface area contributed by atoms with Crippen molar-refractivity contribution in [1.82, 2.24) is 14.7 Å². The fraction of sp³-hybridized carbons (Fsp3) is 0.556. The van der Waals surface area contributed by atoms with E-state index in [-0.39, 0.29) is 17.9 Å². The van der Waals surface area contributed by atoms with Crippen LogP contribution in [0.25, 0.3) is 0 Å². The molecule has 2 amide bonds. The van der Waals surface area contributed by atoms with Crippen molar-refractivity contribution in [2.24, 2.45) is 0 Å². The Kier molecular flexibility index (Phi) is 4.39. The smallest absolute Gasteiger partial charge is 0.253 e. The number of hydrogen-bond acceptors (Lipinski definition) is 3. The molecular formula is C18H25N3O2. The van der Waals surface area contributed by atoms with Crippen LogP contribution in [0.4, 0.5) is 0 Å². The van der Waals surface area contributed by atoms with E-state index in [1.165, 1.54) is 5.56 Å². The number of benzene rings is 1. The molecule has 1 unspecified atom stereocenters. The number of amides is 2. The van der Waals surface area contributed by atoms with Gasteiger partial charge in [-0.15, -0.1) is 0 Å². The molecule has 23 heavy (non-hydrogen) atoms. The molecule has 0 radical (unpaired) electrons. The molecule has 0 aromatic heterocycles. The highest BCUT2D eigenvalue weighted by Gasteiger charge is 2.36. The third-order valence-corrected chi connectivity index (χ3v) is 5.20. The fourth-order valence-corrected chi connectivity index (χ4v) is 3.44. The minimum Gasteiger partial charge on any atom is -0.344 e. The van der Waals surface area contributed by atoms with Crippen LogP contribution in [-0.4, -0.2) is 72.3 Å². The number of piperazine rings is 1. The van der Waals surface area contributed by atoms with Gasteiger partial charge in [0, 0.05) is 45.3 Å². The molecule has 2 saturated heterocycles. The van der Waals surface area contributed by atoms with Crippen molar-refractivity contribution < 1.29 is 9.59 Å². The zero-order chi connectivity index (χ0) is 16.6. The summed E-state index contributed by atoms with van der Waals surface area (Å²) in [6, 6.07) is 5.90. The van der Waals surface area contributed by atoms with Crippen LogP contribution < -0.4 is 0 Å². The molecule has 1 aromatic rings. The van der Waals surface area contributed by atoms with Gasteiger partial charge in [0.2, 0.25) is 5.91 Å². The van der Waals surface area contributed by atoms with Gasteiger partial charge >= 0.3 is 0 Å². The highest BCUT2D eigenvalue weighted by atomic mass is 16.2. The van der Waals surface area contributed by atoms with Crippen LogP contribution in [0.1, 0.15) is 27.9 Å². The Hall–Kier alpha value is -1.88. The summed E-state index contributed by atoms with van der Waals surface area (Å²) in [5.74, 6) is 0.321. The molecule has 2 fully saturated rings. The molecule has 0 saturated carbocycles. The van der Waals surface area contributed by atoms with E-state index in [1.807, 2.05) is 37.1 Å². The van der Waals surface area contributed by atoms with Crippen molar-refractivity contribution in [1.29, 1.82) is 0 Å². The third-order valence-electron chi connectivity index (χ3n) is 5.20. The summed E-state index contributed by atoms with van der Waals surface area (Å²) >= 11 is 0. The lowest BCUT2D eigenvalue weighted by Crippen LogP contribution is -2.53. The summed E-state index contributed by atoms with van der Waals surface area (Å²) in [4.78, 5) is 30.7. The van der Waals surface area contributed by atoms with Crippen molar-refractivity contribution in [2.45, 2.75) is 26.3 Å². The van der Waals surface area contributed by atoms with Crippen molar-refractivity contribution in [3.63, 3.8) is 0 Å². The van der Waals surface area contributed by atoms with Gasteiger partial charge in [0.25, 0.3) is 5.91 Å². The zero-order valence-corrected chi connectivity index (χ0v) is 14.2. The maximum Gasteiger partial charge on any atom is 0.253 e. The van der Waals surface area contributed by atoms with Crippen molar-refractivity contribution in [2.75, 3.05) is 39.8 Å². The summed E-state index contributed by atoms with van der Waals surface area (Å²) in [5.41, 5.74) is 3.11. The number of likely N-dealkylation sites (N-methyl/N-ethyl adjacent to an activating group) is 1. The fourth-order valence-electron chi connectivity index (χ4n) is 3.44. The molecule has 0 bridgehead atoms. The quantitative estimate of drug-likeness (QED) is 0.826. The Labute approximate surface area is 137 Å². The first kappa shape index (κ1) is 16.0. The molecule has 5 nitrogen and oxygen atoms in total. The van der Waals surface area contributed by atoms with Crippen LogP contribution in [0.5, 0.6) is 0 Å². The van der Waals surface area contributed by atoms with Gasteiger partial charge in [-0.2, -0.15) is 0 Å². The van der Waals surface area contributed by atoms with E-state index >= 15 is 0 Å². The maximum atomic E-state index is 12.6. The predicted octanol–water partition coefficient (Wildman–Crippen LogP) is 1.29. The lowest BCUT2D eigenvalue weighted by atomic mass is 10.1. The van der Waals surface area contributed by atoms with Gasteiger partial charge < -0.3 is 9.80 Å². The second-order valence-electron chi connectivity index (χ2n) is 6.69. The van der Waals surface area contributed by atoms with E-state index in [9.17, 15) is 9.59 Å². The van der Waals surface area contributed by atoms with Gasteiger partial charge in [-0.3, -0.25) is 14.5 Å². The lowest BCUT2D eigenvalue weighted by Gasteiger charge is -2.37. The van der Waals surface area contributed by atoms with Crippen molar-refractivity contribution >= 4 is 11.8 Å². The normalized spacial score (nSPS) is 22.7. The van der Waals surface area contributed by atoms with Crippen LogP contribution in [-0.2, 0) is 4.79 Å². The number of carbonyl (C=O) groups is 2. The van der Waals surface area contributed by atoms with Gasteiger partial charge in [0.1, 0.15) is 0 Å². The number of aryl methyl sites for hydroxylation is 2. The van der Waals surface area contributed by atoms with Gasteiger partial charge in [0.15, 0.2) is 0 Å². The second kappa shape index (κ2) is 6.32. The SMILES string of the molecule is Cc1ccc(C(=O)N2CCN(C3CCN(C)C3=O)CC2)cc1C. The van der Waals surface area contributed by atoms with Gasteiger partial charge in [-0.1, -0.05) is 6.07 Å². The monoisotopic (exact) mass is 315 g/mol. The first-order chi connectivity index (χ1) is 11.0. The van der Waals surface area contributed by atoms with Crippen LogP contribution in [0.2, 0.25) is 0 Å². The first-order valence-electron chi connectivity index (χ1n) is 8.33. The molecule has 3 rings (SSSR count). The summed E-state index contributed by atoms with van der Waals surface area (Å²) < 4.78 is 0. The Morgan fingerprint density at radius 1 is 1.04 bits per heavy atom. The van der Waals surface area contributed by atoms with E-state index in [4.69, 9.17) is 0 Å². The minimum absolute atomic E-state index is 0.0128. The molecule has 1 aromatic carbocycles. The van der Waals surface area contributed by atoms with E-state index in [0.29, 0.717) is 13.1 Å². The molecule has 2 heterocycles. The summed E-state index contributed by atoms with van der Waals surface area (Å²) in [6.45, 7) is 7.87. The van der Waals surface area contributed by atoms with E-state index in [1.54, 1.807) is 4.90 Å². The highest BCUT2D eigenvalue weighted by Crippen LogP contribution is 2.19. The Morgan fingerprint density at radius 2 is 1.74 bits per heavy atom. The summed E-state index contributed by atoms with van der Waals surface area (Å²) in [7, 11) is 1.86. The molecule has 0 aliphatic carbocycles. The Morgan fingerprint density at radius 3 is 2.30 bits per heavy atom. The number of rotatable bonds is 2. The van der Waals surface area contributed by atoms with Gasteiger partial charge in [0.05, 0.1) is 6.04 Å². The van der Waals surface area contributed by atoms with Crippen LogP contribution >= 0.6 is 0 Å². The molecule has 2 aliphatic rings. The number of likely N-dealkylation sites (tertiary alicyclic amines) is 1. The average molecular weight is 315 g/mol. The van der Waals surface area contributed by atoms with Crippen molar-refractivity contribution in [3.8, 4) is 0 Å². The van der Waals surface area contributed by atoms with E-state index in [2.05, 4.69) is 11.8 Å². The molecule has 0 N–H and O–H groups in total. The largest absolute Gasteiger partial charge is 0.344 e. The highest BCUT2D eigenvalue weighted by molar-refractivity contribution is 5.94.